The van der Waals surface area contributed by atoms with Gasteiger partial charge in [-0.25, -0.2) is 0 Å². The third-order valence-electron chi connectivity index (χ3n) is 3.79. The SMILES string of the molecule is CNC(C)CCCCN(C)C1CCOC1C. The van der Waals surface area contributed by atoms with Gasteiger partial charge in [0.15, 0.2) is 0 Å². The molecule has 0 aromatic rings. The molecule has 0 radical (unpaired) electrons. The molecule has 3 unspecified atom stereocenters. The predicted molar refractivity (Wildman–Crippen MR) is 68.8 cm³/mol. The maximum Gasteiger partial charge on any atom is 0.0702 e. The Morgan fingerprint density at radius 3 is 2.75 bits per heavy atom. The molecule has 0 aromatic carbocycles. The van der Waals surface area contributed by atoms with Crippen LogP contribution in [0.25, 0.3) is 0 Å². The van der Waals surface area contributed by atoms with E-state index in [1.165, 1.54) is 32.2 Å². The molecular weight excluding hydrogens is 200 g/mol. The summed E-state index contributed by atoms with van der Waals surface area (Å²) < 4.78 is 5.60. The van der Waals surface area contributed by atoms with Crippen LogP contribution in [0.2, 0.25) is 0 Å². The first kappa shape index (κ1) is 13.9. The molecule has 1 saturated heterocycles. The van der Waals surface area contributed by atoms with Gasteiger partial charge in [-0.2, -0.15) is 0 Å². The smallest absolute Gasteiger partial charge is 0.0702 e. The van der Waals surface area contributed by atoms with Gasteiger partial charge in [0, 0.05) is 18.7 Å². The lowest BCUT2D eigenvalue weighted by Crippen LogP contribution is -2.37. The van der Waals surface area contributed by atoms with Crippen LogP contribution in [-0.2, 0) is 4.74 Å². The molecule has 3 heteroatoms. The molecule has 16 heavy (non-hydrogen) atoms. The first-order valence-corrected chi connectivity index (χ1v) is 6.64. The Labute approximate surface area is 101 Å². The fourth-order valence-electron chi connectivity index (χ4n) is 2.42. The summed E-state index contributed by atoms with van der Waals surface area (Å²) in [6.45, 7) is 6.58. The molecule has 0 amide bonds. The molecule has 0 saturated carbocycles. The number of hydrogen-bond acceptors (Lipinski definition) is 3. The van der Waals surface area contributed by atoms with Gasteiger partial charge in [-0.3, -0.25) is 0 Å². The largest absolute Gasteiger partial charge is 0.377 e. The fourth-order valence-corrected chi connectivity index (χ4v) is 2.42. The van der Waals surface area contributed by atoms with Crippen molar-refractivity contribution in [1.29, 1.82) is 0 Å². The lowest BCUT2D eigenvalue weighted by molar-refractivity contribution is 0.0831. The second-order valence-electron chi connectivity index (χ2n) is 5.10. The van der Waals surface area contributed by atoms with Crippen LogP contribution in [0.4, 0.5) is 0 Å². The Hall–Kier alpha value is -0.120. The van der Waals surface area contributed by atoms with Gasteiger partial charge in [0.1, 0.15) is 0 Å². The zero-order chi connectivity index (χ0) is 12.0. The van der Waals surface area contributed by atoms with Crippen molar-refractivity contribution < 1.29 is 4.74 Å². The first-order chi connectivity index (χ1) is 7.65. The van der Waals surface area contributed by atoms with Crippen LogP contribution >= 0.6 is 0 Å². The molecule has 1 aliphatic rings. The summed E-state index contributed by atoms with van der Waals surface area (Å²) >= 11 is 0. The van der Waals surface area contributed by atoms with Crippen molar-refractivity contribution in [1.82, 2.24) is 10.2 Å². The van der Waals surface area contributed by atoms with E-state index in [0.29, 0.717) is 18.2 Å². The van der Waals surface area contributed by atoms with E-state index in [1.807, 2.05) is 7.05 Å². The molecule has 0 bridgehead atoms. The third kappa shape index (κ3) is 4.40. The Morgan fingerprint density at radius 1 is 1.44 bits per heavy atom. The molecule has 0 spiro atoms. The van der Waals surface area contributed by atoms with Crippen LogP contribution in [0.3, 0.4) is 0 Å². The summed E-state index contributed by atoms with van der Waals surface area (Å²) in [5.41, 5.74) is 0. The van der Waals surface area contributed by atoms with Crippen LogP contribution < -0.4 is 5.32 Å². The molecule has 1 heterocycles. The maximum atomic E-state index is 5.60. The van der Waals surface area contributed by atoms with E-state index in [-0.39, 0.29) is 0 Å². The lowest BCUT2D eigenvalue weighted by atomic mass is 10.1. The minimum atomic E-state index is 0.418. The number of likely N-dealkylation sites (N-methyl/N-ethyl adjacent to an activating group) is 1. The van der Waals surface area contributed by atoms with E-state index in [4.69, 9.17) is 4.74 Å². The highest BCUT2D eigenvalue weighted by atomic mass is 16.5. The molecule has 1 rings (SSSR count). The third-order valence-corrected chi connectivity index (χ3v) is 3.79. The minimum Gasteiger partial charge on any atom is -0.377 e. The summed E-state index contributed by atoms with van der Waals surface area (Å²) in [5, 5.41) is 3.28. The number of hydrogen-bond donors (Lipinski definition) is 1. The van der Waals surface area contributed by atoms with Crippen LogP contribution in [-0.4, -0.2) is 50.3 Å². The number of rotatable bonds is 7. The van der Waals surface area contributed by atoms with E-state index in [0.717, 1.165) is 6.61 Å². The fraction of sp³-hybridized carbons (Fsp3) is 1.00. The van der Waals surface area contributed by atoms with Crippen molar-refractivity contribution in [3.8, 4) is 0 Å². The van der Waals surface area contributed by atoms with Gasteiger partial charge < -0.3 is 15.0 Å². The average Bonchev–Trinajstić information content (AvgIpc) is 2.70. The van der Waals surface area contributed by atoms with E-state index in [9.17, 15) is 0 Å². The highest BCUT2D eigenvalue weighted by Gasteiger charge is 2.27. The number of unbranched alkanes of at least 4 members (excludes halogenated alkanes) is 1. The number of ether oxygens (including phenoxy) is 1. The molecule has 3 atom stereocenters. The minimum absolute atomic E-state index is 0.418. The highest BCUT2D eigenvalue weighted by Crippen LogP contribution is 2.18. The highest BCUT2D eigenvalue weighted by molar-refractivity contribution is 4.80. The van der Waals surface area contributed by atoms with Crippen molar-refractivity contribution in [2.45, 2.75) is 57.7 Å². The van der Waals surface area contributed by atoms with Crippen LogP contribution in [0.1, 0.15) is 39.5 Å². The Kier molecular flexibility index (Phi) is 6.32. The number of nitrogens with zero attached hydrogens (tertiary/aromatic N) is 1. The Morgan fingerprint density at radius 2 is 2.19 bits per heavy atom. The van der Waals surface area contributed by atoms with Crippen LogP contribution in [0.5, 0.6) is 0 Å². The molecule has 1 fully saturated rings. The van der Waals surface area contributed by atoms with Gasteiger partial charge in [0.2, 0.25) is 0 Å². The van der Waals surface area contributed by atoms with E-state index < -0.39 is 0 Å². The van der Waals surface area contributed by atoms with E-state index in [2.05, 4.69) is 31.1 Å². The average molecular weight is 228 g/mol. The maximum absolute atomic E-state index is 5.60. The van der Waals surface area contributed by atoms with Crippen molar-refractivity contribution in [2.75, 3.05) is 27.2 Å². The van der Waals surface area contributed by atoms with Crippen molar-refractivity contribution >= 4 is 0 Å². The van der Waals surface area contributed by atoms with Gasteiger partial charge in [0.25, 0.3) is 0 Å². The summed E-state index contributed by atoms with van der Waals surface area (Å²) in [7, 11) is 4.27. The molecule has 3 nitrogen and oxygen atoms in total. The standard InChI is InChI=1S/C13H28N2O/c1-11(14-3)7-5-6-9-15(4)13-8-10-16-12(13)2/h11-14H,5-10H2,1-4H3. The van der Waals surface area contributed by atoms with Crippen molar-refractivity contribution in [3.05, 3.63) is 0 Å². The predicted octanol–water partition coefficient (Wildman–Crippen LogP) is 1.87. The molecule has 1 aliphatic heterocycles. The molecule has 0 aromatic heterocycles. The second kappa shape index (κ2) is 7.25. The normalized spacial score (nSPS) is 27.6. The lowest BCUT2D eigenvalue weighted by Gasteiger charge is -2.26. The summed E-state index contributed by atoms with van der Waals surface area (Å²) in [6, 6.07) is 1.29. The monoisotopic (exact) mass is 228 g/mol. The van der Waals surface area contributed by atoms with Gasteiger partial charge in [-0.05, 0) is 53.8 Å². The number of nitrogens with one attached hydrogen (secondary N) is 1. The molecule has 0 aliphatic carbocycles. The zero-order valence-electron chi connectivity index (χ0n) is 11.3. The zero-order valence-corrected chi connectivity index (χ0v) is 11.3. The van der Waals surface area contributed by atoms with E-state index >= 15 is 0 Å². The molecule has 1 N–H and O–H groups in total. The van der Waals surface area contributed by atoms with Gasteiger partial charge in [-0.15, -0.1) is 0 Å². The van der Waals surface area contributed by atoms with Crippen LogP contribution in [0, 0.1) is 0 Å². The quantitative estimate of drug-likeness (QED) is 0.673. The Bertz CT molecular complexity index is 187. The van der Waals surface area contributed by atoms with Crippen molar-refractivity contribution in [2.24, 2.45) is 0 Å². The van der Waals surface area contributed by atoms with Crippen LogP contribution in [0.15, 0.2) is 0 Å². The molecular formula is C13H28N2O. The van der Waals surface area contributed by atoms with E-state index in [1.54, 1.807) is 0 Å². The Balaban J connectivity index is 2.08. The second-order valence-corrected chi connectivity index (χ2v) is 5.10. The summed E-state index contributed by atoms with van der Waals surface area (Å²) in [5.74, 6) is 0. The molecule has 96 valence electrons. The summed E-state index contributed by atoms with van der Waals surface area (Å²) in [6.07, 6.45) is 5.51. The topological polar surface area (TPSA) is 24.5 Å². The van der Waals surface area contributed by atoms with Gasteiger partial charge in [-0.1, -0.05) is 6.42 Å². The first-order valence-electron chi connectivity index (χ1n) is 6.64. The summed E-state index contributed by atoms with van der Waals surface area (Å²) in [4.78, 5) is 2.47. The van der Waals surface area contributed by atoms with Gasteiger partial charge in [0.05, 0.1) is 6.10 Å². The van der Waals surface area contributed by atoms with Gasteiger partial charge >= 0.3 is 0 Å². The van der Waals surface area contributed by atoms with Crippen molar-refractivity contribution in [3.63, 3.8) is 0 Å².